The van der Waals surface area contributed by atoms with Crippen LogP contribution in [0.5, 0.6) is 0 Å². The summed E-state index contributed by atoms with van der Waals surface area (Å²) in [7, 11) is 0. The maximum Gasteiger partial charge on any atom is 0.0946 e. The summed E-state index contributed by atoms with van der Waals surface area (Å²) in [4.78, 5) is 6.42. The van der Waals surface area contributed by atoms with Gasteiger partial charge in [-0.3, -0.25) is 10.00 Å². The molecule has 3 rings (SSSR count). The van der Waals surface area contributed by atoms with E-state index in [0.717, 1.165) is 43.9 Å². The van der Waals surface area contributed by atoms with Gasteiger partial charge in [-0.2, -0.15) is 5.10 Å². The van der Waals surface area contributed by atoms with E-state index in [-0.39, 0.29) is 5.41 Å². The molecule has 0 atom stereocenters. The number of piperidine rings is 1. The highest BCUT2D eigenvalue weighted by atomic mass is 16.3. The number of aliphatic hydroxyl groups is 1. The molecular weight excluding hydrogens is 290 g/mol. The zero-order valence-corrected chi connectivity index (χ0v) is 14.3. The number of nitrogens with one attached hydrogen (secondary N) is 1. The SMILES string of the molecule is CC(C)(C)c1cc(CN2CCC(O)(Cn3ccnc3)CC2)[nH]n1. The van der Waals surface area contributed by atoms with E-state index in [2.05, 4.69) is 46.9 Å². The second-order valence-electron chi connectivity index (χ2n) is 7.76. The normalized spacial score (nSPS) is 19.1. The van der Waals surface area contributed by atoms with Gasteiger partial charge >= 0.3 is 0 Å². The van der Waals surface area contributed by atoms with Crippen molar-refractivity contribution in [2.75, 3.05) is 13.1 Å². The lowest BCUT2D eigenvalue weighted by Crippen LogP contribution is -2.46. The lowest BCUT2D eigenvalue weighted by Gasteiger charge is -2.38. The Bertz CT molecular complexity index is 618. The van der Waals surface area contributed by atoms with Crippen LogP contribution >= 0.6 is 0 Å². The smallest absolute Gasteiger partial charge is 0.0946 e. The van der Waals surface area contributed by atoms with Crippen molar-refractivity contribution in [2.45, 2.75) is 57.7 Å². The molecule has 0 aliphatic carbocycles. The van der Waals surface area contributed by atoms with E-state index in [1.165, 1.54) is 0 Å². The first-order chi connectivity index (χ1) is 10.8. The summed E-state index contributed by atoms with van der Waals surface area (Å²) in [6.07, 6.45) is 6.99. The number of aromatic amines is 1. The van der Waals surface area contributed by atoms with Crippen molar-refractivity contribution < 1.29 is 5.11 Å². The van der Waals surface area contributed by atoms with E-state index in [1.54, 1.807) is 12.5 Å². The van der Waals surface area contributed by atoms with Gasteiger partial charge in [0.1, 0.15) is 0 Å². The van der Waals surface area contributed by atoms with E-state index in [9.17, 15) is 5.11 Å². The van der Waals surface area contributed by atoms with Crippen molar-refractivity contribution >= 4 is 0 Å². The predicted molar refractivity (Wildman–Crippen MR) is 89.0 cm³/mol. The molecule has 2 aromatic heterocycles. The van der Waals surface area contributed by atoms with Crippen LogP contribution in [0.1, 0.15) is 45.0 Å². The fraction of sp³-hybridized carbons (Fsp3) is 0.647. The van der Waals surface area contributed by atoms with Gasteiger partial charge < -0.3 is 9.67 Å². The van der Waals surface area contributed by atoms with Gasteiger partial charge in [0.25, 0.3) is 0 Å². The molecule has 23 heavy (non-hydrogen) atoms. The van der Waals surface area contributed by atoms with Crippen LogP contribution in [-0.2, 0) is 18.5 Å². The molecule has 0 aromatic carbocycles. The first-order valence-electron chi connectivity index (χ1n) is 8.29. The van der Waals surface area contributed by atoms with Crippen LogP contribution < -0.4 is 0 Å². The highest BCUT2D eigenvalue weighted by Gasteiger charge is 2.32. The van der Waals surface area contributed by atoms with Crippen molar-refractivity contribution in [1.29, 1.82) is 0 Å². The molecule has 2 aromatic rings. The van der Waals surface area contributed by atoms with Gasteiger partial charge in [-0.1, -0.05) is 20.8 Å². The molecule has 1 fully saturated rings. The van der Waals surface area contributed by atoms with Crippen LogP contribution in [0.15, 0.2) is 24.8 Å². The molecule has 0 radical (unpaired) electrons. The van der Waals surface area contributed by atoms with E-state index in [4.69, 9.17) is 0 Å². The van der Waals surface area contributed by atoms with Gasteiger partial charge in [0.15, 0.2) is 0 Å². The first-order valence-corrected chi connectivity index (χ1v) is 8.29. The van der Waals surface area contributed by atoms with Crippen LogP contribution in [0.2, 0.25) is 0 Å². The predicted octanol–water partition coefficient (Wildman–Crippen LogP) is 1.93. The Morgan fingerprint density at radius 3 is 2.61 bits per heavy atom. The van der Waals surface area contributed by atoms with Gasteiger partial charge in [-0.25, -0.2) is 4.98 Å². The highest BCUT2D eigenvalue weighted by molar-refractivity contribution is 5.16. The van der Waals surface area contributed by atoms with Crippen LogP contribution in [0.3, 0.4) is 0 Å². The molecule has 0 amide bonds. The number of likely N-dealkylation sites (tertiary alicyclic amines) is 1. The second kappa shape index (κ2) is 6.09. The molecule has 1 aliphatic rings. The number of hydrogen-bond acceptors (Lipinski definition) is 4. The van der Waals surface area contributed by atoms with Crippen molar-refractivity contribution in [3.05, 3.63) is 36.2 Å². The Hall–Kier alpha value is -1.66. The molecule has 6 nitrogen and oxygen atoms in total. The van der Waals surface area contributed by atoms with Crippen LogP contribution in [-0.4, -0.2) is 48.4 Å². The quantitative estimate of drug-likeness (QED) is 0.904. The highest BCUT2D eigenvalue weighted by Crippen LogP contribution is 2.26. The summed E-state index contributed by atoms with van der Waals surface area (Å²) in [5, 5.41) is 18.3. The van der Waals surface area contributed by atoms with Crippen molar-refractivity contribution in [3.8, 4) is 0 Å². The minimum atomic E-state index is -0.623. The summed E-state index contributed by atoms with van der Waals surface area (Å²) in [6, 6.07) is 2.16. The zero-order valence-electron chi connectivity index (χ0n) is 14.3. The number of H-pyrrole nitrogens is 1. The minimum absolute atomic E-state index is 0.0711. The topological polar surface area (TPSA) is 70.0 Å². The van der Waals surface area contributed by atoms with Crippen LogP contribution in [0.25, 0.3) is 0 Å². The summed E-state index contributed by atoms with van der Waals surface area (Å²) in [6.45, 7) is 9.80. The van der Waals surface area contributed by atoms with Gasteiger partial charge in [0.2, 0.25) is 0 Å². The summed E-state index contributed by atoms with van der Waals surface area (Å²) in [5.74, 6) is 0. The monoisotopic (exact) mass is 317 g/mol. The van der Waals surface area contributed by atoms with E-state index in [1.807, 2.05) is 10.8 Å². The summed E-state index contributed by atoms with van der Waals surface area (Å²) >= 11 is 0. The largest absolute Gasteiger partial charge is 0.388 e. The number of imidazole rings is 1. The Kier molecular flexibility index (Phi) is 4.29. The fourth-order valence-corrected chi connectivity index (χ4v) is 3.07. The third-order valence-corrected chi connectivity index (χ3v) is 4.62. The third-order valence-electron chi connectivity index (χ3n) is 4.62. The van der Waals surface area contributed by atoms with Crippen molar-refractivity contribution in [3.63, 3.8) is 0 Å². The van der Waals surface area contributed by atoms with E-state index >= 15 is 0 Å². The summed E-state index contributed by atoms with van der Waals surface area (Å²) < 4.78 is 1.96. The molecule has 6 heteroatoms. The van der Waals surface area contributed by atoms with Gasteiger partial charge in [0.05, 0.1) is 24.2 Å². The molecule has 1 aliphatic heterocycles. The van der Waals surface area contributed by atoms with Crippen LogP contribution in [0, 0.1) is 0 Å². The third kappa shape index (κ3) is 4.00. The first kappa shape index (κ1) is 16.2. The van der Waals surface area contributed by atoms with E-state index < -0.39 is 5.60 Å². The molecule has 0 bridgehead atoms. The number of rotatable bonds is 4. The van der Waals surface area contributed by atoms with Gasteiger partial charge in [-0.05, 0) is 18.9 Å². The van der Waals surface area contributed by atoms with E-state index in [0.29, 0.717) is 6.54 Å². The number of aromatic nitrogens is 4. The molecule has 0 spiro atoms. The molecule has 1 saturated heterocycles. The summed E-state index contributed by atoms with van der Waals surface area (Å²) in [5.41, 5.74) is 1.69. The van der Waals surface area contributed by atoms with Gasteiger partial charge in [0, 0.05) is 43.1 Å². The van der Waals surface area contributed by atoms with Crippen molar-refractivity contribution in [2.24, 2.45) is 0 Å². The Morgan fingerprint density at radius 1 is 1.30 bits per heavy atom. The Morgan fingerprint density at radius 2 is 2.04 bits per heavy atom. The molecule has 2 N–H and O–H groups in total. The average molecular weight is 317 g/mol. The zero-order chi connectivity index (χ0) is 16.5. The lowest BCUT2D eigenvalue weighted by atomic mass is 9.91. The second-order valence-corrected chi connectivity index (χ2v) is 7.76. The number of nitrogens with zero attached hydrogens (tertiary/aromatic N) is 4. The number of hydrogen-bond donors (Lipinski definition) is 2. The van der Waals surface area contributed by atoms with Crippen molar-refractivity contribution in [1.82, 2.24) is 24.6 Å². The minimum Gasteiger partial charge on any atom is -0.388 e. The standard InChI is InChI=1S/C17H27N5O/c1-16(2,3)15-10-14(19-20-15)11-21-7-4-17(23,5-8-21)12-22-9-6-18-13-22/h6,9-10,13,23H,4-5,7-8,11-12H2,1-3H3,(H,19,20). The molecule has 0 unspecified atom stereocenters. The fourth-order valence-electron chi connectivity index (χ4n) is 3.07. The molecule has 126 valence electrons. The Labute approximate surface area is 137 Å². The Balaban J connectivity index is 1.54. The van der Waals surface area contributed by atoms with Crippen LogP contribution in [0.4, 0.5) is 0 Å². The molecular formula is C17H27N5O. The molecule has 0 saturated carbocycles. The maximum absolute atomic E-state index is 10.7. The lowest BCUT2D eigenvalue weighted by molar-refractivity contribution is -0.0359. The average Bonchev–Trinajstić information content (AvgIpc) is 3.12. The van der Waals surface area contributed by atoms with Gasteiger partial charge in [-0.15, -0.1) is 0 Å². The molecule has 3 heterocycles. The maximum atomic E-state index is 10.7.